The van der Waals surface area contributed by atoms with Crippen molar-refractivity contribution in [3.05, 3.63) is 29.8 Å². The lowest BCUT2D eigenvalue weighted by atomic mass is 10.3. The first kappa shape index (κ1) is 10.3. The Balaban J connectivity index is 2.59. The molecule has 13 heavy (non-hydrogen) atoms. The normalized spacial score (nSPS) is 10.1. The van der Waals surface area contributed by atoms with Crippen LogP contribution in [0.3, 0.4) is 0 Å². The Hall–Kier alpha value is -0.770. The number of thioether (sulfide) groups is 1. The van der Waals surface area contributed by atoms with E-state index in [4.69, 9.17) is 4.74 Å². The van der Waals surface area contributed by atoms with Gasteiger partial charge in [-0.2, -0.15) is 11.8 Å². The summed E-state index contributed by atoms with van der Waals surface area (Å²) in [4.78, 5) is 0. The van der Waals surface area contributed by atoms with E-state index in [-0.39, 0.29) is 5.75 Å². The molecule has 1 rings (SSSR count). The van der Waals surface area contributed by atoms with Gasteiger partial charge >= 0.3 is 0 Å². The van der Waals surface area contributed by atoms with Gasteiger partial charge in [-0.25, -0.2) is 8.78 Å². The molecule has 0 heterocycles. The van der Waals surface area contributed by atoms with E-state index in [2.05, 4.69) is 0 Å². The highest BCUT2D eigenvalue weighted by atomic mass is 32.2. The van der Waals surface area contributed by atoms with Gasteiger partial charge in [0.05, 0.1) is 6.61 Å². The Kier molecular flexibility index (Phi) is 4.02. The van der Waals surface area contributed by atoms with Crippen LogP contribution < -0.4 is 4.74 Å². The number of rotatable bonds is 4. The van der Waals surface area contributed by atoms with Crippen molar-refractivity contribution in [3.63, 3.8) is 0 Å². The second-order valence-electron chi connectivity index (χ2n) is 2.42. The Morgan fingerprint density at radius 3 is 2.85 bits per heavy atom. The van der Waals surface area contributed by atoms with Gasteiger partial charge < -0.3 is 4.74 Å². The fraction of sp³-hybridized carbons (Fsp3) is 0.333. The van der Waals surface area contributed by atoms with E-state index in [1.54, 1.807) is 11.8 Å². The zero-order chi connectivity index (χ0) is 9.68. The molecule has 0 aliphatic heterocycles. The third-order valence-electron chi connectivity index (χ3n) is 1.44. The van der Waals surface area contributed by atoms with Gasteiger partial charge in [0.15, 0.2) is 11.6 Å². The second-order valence-corrected chi connectivity index (χ2v) is 3.40. The first-order chi connectivity index (χ1) is 6.24. The van der Waals surface area contributed by atoms with Crippen LogP contribution >= 0.6 is 11.8 Å². The van der Waals surface area contributed by atoms with Gasteiger partial charge in [0.1, 0.15) is 5.82 Å². The minimum Gasteiger partial charge on any atom is -0.490 e. The summed E-state index contributed by atoms with van der Waals surface area (Å²) < 4.78 is 30.5. The number of halogens is 2. The number of ether oxygens (including phenoxy) is 1. The lowest BCUT2D eigenvalue weighted by Crippen LogP contribution is -2.01. The molecule has 0 atom stereocenters. The van der Waals surface area contributed by atoms with Crippen molar-refractivity contribution in [1.29, 1.82) is 0 Å². The van der Waals surface area contributed by atoms with Gasteiger partial charge in [-0.05, 0) is 18.4 Å². The maximum Gasteiger partial charge on any atom is 0.165 e. The summed E-state index contributed by atoms with van der Waals surface area (Å²) in [6.45, 7) is 0.390. The molecular weight excluding hydrogens is 194 g/mol. The Labute approximate surface area is 80.1 Å². The molecule has 0 unspecified atom stereocenters. The SMILES string of the molecule is CSCCOc1cc(F)ccc1F. The first-order valence-corrected chi connectivity index (χ1v) is 5.20. The highest BCUT2D eigenvalue weighted by molar-refractivity contribution is 7.98. The molecule has 1 aromatic carbocycles. The van der Waals surface area contributed by atoms with Crippen LogP contribution in [0.5, 0.6) is 5.75 Å². The third-order valence-corrected chi connectivity index (χ3v) is 2.01. The molecule has 0 bridgehead atoms. The average molecular weight is 204 g/mol. The van der Waals surface area contributed by atoms with Crippen molar-refractivity contribution in [2.24, 2.45) is 0 Å². The minimum absolute atomic E-state index is 0.0194. The summed E-state index contributed by atoms with van der Waals surface area (Å²) in [6, 6.07) is 3.18. The van der Waals surface area contributed by atoms with Crippen molar-refractivity contribution in [1.82, 2.24) is 0 Å². The maximum absolute atomic E-state index is 12.9. The van der Waals surface area contributed by atoms with Crippen molar-refractivity contribution in [2.45, 2.75) is 0 Å². The molecule has 72 valence electrons. The van der Waals surface area contributed by atoms with Crippen LogP contribution in [0.15, 0.2) is 18.2 Å². The van der Waals surface area contributed by atoms with Crippen LogP contribution in [0, 0.1) is 11.6 Å². The standard InChI is InChI=1S/C9H10F2OS/c1-13-5-4-12-9-6-7(10)2-3-8(9)11/h2-3,6H,4-5H2,1H3. The lowest BCUT2D eigenvalue weighted by Gasteiger charge is -2.05. The third kappa shape index (κ3) is 3.22. The smallest absolute Gasteiger partial charge is 0.165 e. The molecule has 0 N–H and O–H groups in total. The highest BCUT2D eigenvalue weighted by Crippen LogP contribution is 2.17. The van der Waals surface area contributed by atoms with Gasteiger partial charge in [-0.15, -0.1) is 0 Å². The topological polar surface area (TPSA) is 9.23 Å². The summed E-state index contributed by atoms with van der Waals surface area (Å²) in [7, 11) is 0. The van der Waals surface area contributed by atoms with E-state index in [1.807, 2.05) is 6.26 Å². The Bertz CT molecular complexity index is 278. The Morgan fingerprint density at radius 1 is 1.38 bits per heavy atom. The van der Waals surface area contributed by atoms with Crippen LogP contribution in [0.25, 0.3) is 0 Å². The van der Waals surface area contributed by atoms with Crippen molar-refractivity contribution in [2.75, 3.05) is 18.6 Å². The molecule has 0 aromatic heterocycles. The average Bonchev–Trinajstić information content (AvgIpc) is 2.11. The second kappa shape index (κ2) is 5.07. The van der Waals surface area contributed by atoms with Crippen LogP contribution in [0.2, 0.25) is 0 Å². The molecular formula is C9H10F2OS. The van der Waals surface area contributed by atoms with Gasteiger partial charge in [0, 0.05) is 11.8 Å². The quantitative estimate of drug-likeness (QED) is 0.697. The molecule has 0 saturated heterocycles. The minimum atomic E-state index is -0.525. The largest absolute Gasteiger partial charge is 0.490 e. The molecule has 0 spiro atoms. The summed E-state index contributed by atoms with van der Waals surface area (Å²) in [6.07, 6.45) is 1.92. The molecule has 0 aliphatic rings. The molecule has 0 aliphatic carbocycles. The van der Waals surface area contributed by atoms with Crippen molar-refractivity contribution in [3.8, 4) is 5.75 Å². The molecule has 4 heteroatoms. The predicted octanol–water partition coefficient (Wildman–Crippen LogP) is 2.71. The molecule has 0 saturated carbocycles. The highest BCUT2D eigenvalue weighted by Gasteiger charge is 2.03. The van der Waals surface area contributed by atoms with E-state index in [1.165, 1.54) is 0 Å². The monoisotopic (exact) mass is 204 g/mol. The summed E-state index contributed by atoms with van der Waals surface area (Å²) in [5.74, 6) is -0.271. The van der Waals surface area contributed by atoms with Gasteiger partial charge in [0.25, 0.3) is 0 Å². The van der Waals surface area contributed by atoms with Gasteiger partial charge in [-0.3, -0.25) is 0 Å². The van der Waals surface area contributed by atoms with Crippen molar-refractivity contribution < 1.29 is 13.5 Å². The summed E-state index contributed by atoms with van der Waals surface area (Å²) in [5, 5.41) is 0. The lowest BCUT2D eigenvalue weighted by molar-refractivity contribution is 0.322. The van der Waals surface area contributed by atoms with Crippen LogP contribution in [0.1, 0.15) is 0 Å². The zero-order valence-corrected chi connectivity index (χ0v) is 8.04. The van der Waals surface area contributed by atoms with Crippen LogP contribution in [-0.2, 0) is 0 Å². The molecule has 0 amide bonds. The predicted molar refractivity (Wildman–Crippen MR) is 50.2 cm³/mol. The van der Waals surface area contributed by atoms with E-state index in [9.17, 15) is 8.78 Å². The van der Waals surface area contributed by atoms with Crippen LogP contribution in [0.4, 0.5) is 8.78 Å². The fourth-order valence-electron chi connectivity index (χ4n) is 0.823. The van der Waals surface area contributed by atoms with E-state index >= 15 is 0 Å². The fourth-order valence-corrected chi connectivity index (χ4v) is 1.07. The van der Waals surface area contributed by atoms with E-state index in [0.29, 0.717) is 6.61 Å². The molecule has 0 fully saturated rings. The summed E-state index contributed by atoms with van der Waals surface area (Å²) >= 11 is 1.59. The molecule has 0 radical (unpaired) electrons. The number of hydrogen-bond donors (Lipinski definition) is 0. The van der Waals surface area contributed by atoms with E-state index < -0.39 is 11.6 Å². The zero-order valence-electron chi connectivity index (χ0n) is 7.22. The first-order valence-electron chi connectivity index (χ1n) is 3.81. The Morgan fingerprint density at radius 2 is 2.15 bits per heavy atom. The number of benzene rings is 1. The molecule has 1 nitrogen and oxygen atoms in total. The summed E-state index contributed by atoms with van der Waals surface area (Å²) in [5.41, 5.74) is 0. The van der Waals surface area contributed by atoms with E-state index in [0.717, 1.165) is 24.0 Å². The maximum atomic E-state index is 12.9. The number of hydrogen-bond acceptors (Lipinski definition) is 2. The van der Waals surface area contributed by atoms with Gasteiger partial charge in [-0.1, -0.05) is 0 Å². The van der Waals surface area contributed by atoms with Crippen molar-refractivity contribution >= 4 is 11.8 Å². The van der Waals surface area contributed by atoms with Crippen LogP contribution in [-0.4, -0.2) is 18.6 Å². The van der Waals surface area contributed by atoms with Gasteiger partial charge in [0.2, 0.25) is 0 Å². The molecule has 1 aromatic rings.